The van der Waals surface area contributed by atoms with Crippen LogP contribution in [0.15, 0.2) is 30.3 Å². The minimum Gasteiger partial charge on any atom is -0.388 e. The van der Waals surface area contributed by atoms with Gasteiger partial charge in [0.15, 0.2) is 24.0 Å². The van der Waals surface area contributed by atoms with Gasteiger partial charge in [0.05, 0.1) is 6.61 Å². The van der Waals surface area contributed by atoms with Crippen LogP contribution in [-0.4, -0.2) is 47.9 Å². The SMILES string of the molecule is CC1(C)O[C@H]([C@H](C=O)OCc2ccccc2)[C@H](C(=O)CO)O1. The average molecular weight is 308 g/mol. The van der Waals surface area contributed by atoms with Gasteiger partial charge in [-0.15, -0.1) is 0 Å². The van der Waals surface area contributed by atoms with Crippen LogP contribution >= 0.6 is 0 Å². The molecule has 0 unspecified atom stereocenters. The number of hydrogen-bond donors (Lipinski definition) is 1. The lowest BCUT2D eigenvalue weighted by Crippen LogP contribution is -2.43. The molecule has 6 heteroatoms. The predicted octanol–water partition coefficient (Wildman–Crippen LogP) is 0.852. The lowest BCUT2D eigenvalue weighted by atomic mass is 10.1. The maximum atomic E-state index is 11.8. The van der Waals surface area contributed by atoms with Gasteiger partial charge in [-0.3, -0.25) is 4.79 Å². The van der Waals surface area contributed by atoms with Gasteiger partial charge in [-0.25, -0.2) is 0 Å². The van der Waals surface area contributed by atoms with Crippen molar-refractivity contribution >= 4 is 12.1 Å². The first-order valence-electron chi connectivity index (χ1n) is 7.07. The summed E-state index contributed by atoms with van der Waals surface area (Å²) in [6.45, 7) is 2.82. The number of ketones is 1. The molecule has 120 valence electrons. The quantitative estimate of drug-likeness (QED) is 0.752. The van der Waals surface area contributed by atoms with Gasteiger partial charge >= 0.3 is 0 Å². The van der Waals surface area contributed by atoms with Gasteiger partial charge in [0.25, 0.3) is 0 Å². The summed E-state index contributed by atoms with van der Waals surface area (Å²) >= 11 is 0. The van der Waals surface area contributed by atoms with E-state index < -0.39 is 36.5 Å². The fraction of sp³-hybridized carbons (Fsp3) is 0.500. The molecule has 2 rings (SSSR count). The topological polar surface area (TPSA) is 82.1 Å². The molecular formula is C16H20O6. The molecule has 1 heterocycles. The molecule has 1 aliphatic heterocycles. The smallest absolute Gasteiger partial charge is 0.189 e. The molecule has 1 N–H and O–H groups in total. The standard InChI is InChI=1S/C16H20O6/c1-16(2)21-14(12(19)8-17)15(22-16)13(9-18)20-10-11-6-4-3-5-7-11/h3-7,9,13-15,17H,8,10H2,1-2H3/t13-,14-,15+/m0/s1. The first-order valence-corrected chi connectivity index (χ1v) is 7.07. The lowest BCUT2D eigenvalue weighted by Gasteiger charge is -2.22. The third-order valence-corrected chi connectivity index (χ3v) is 3.35. The van der Waals surface area contributed by atoms with Crippen molar-refractivity contribution in [3.63, 3.8) is 0 Å². The highest BCUT2D eigenvalue weighted by Gasteiger charge is 2.48. The van der Waals surface area contributed by atoms with E-state index in [-0.39, 0.29) is 6.61 Å². The van der Waals surface area contributed by atoms with Crippen LogP contribution in [-0.2, 0) is 30.4 Å². The Hall–Kier alpha value is -1.60. The van der Waals surface area contributed by atoms with E-state index in [1.165, 1.54) is 0 Å². The summed E-state index contributed by atoms with van der Waals surface area (Å²) in [6.07, 6.45) is -2.26. The highest BCUT2D eigenvalue weighted by Crippen LogP contribution is 2.31. The summed E-state index contributed by atoms with van der Waals surface area (Å²) in [7, 11) is 0. The molecule has 3 atom stereocenters. The normalized spacial score (nSPS) is 24.9. The molecule has 22 heavy (non-hydrogen) atoms. The molecule has 0 bridgehead atoms. The summed E-state index contributed by atoms with van der Waals surface area (Å²) in [5, 5.41) is 9.03. The Kier molecular flexibility index (Phi) is 5.42. The van der Waals surface area contributed by atoms with E-state index in [0.717, 1.165) is 5.56 Å². The van der Waals surface area contributed by atoms with E-state index in [9.17, 15) is 9.59 Å². The van der Waals surface area contributed by atoms with E-state index in [4.69, 9.17) is 19.3 Å². The van der Waals surface area contributed by atoms with E-state index >= 15 is 0 Å². The van der Waals surface area contributed by atoms with Crippen molar-refractivity contribution in [3.8, 4) is 0 Å². The maximum Gasteiger partial charge on any atom is 0.189 e. The highest BCUT2D eigenvalue weighted by atomic mass is 16.8. The second-order valence-corrected chi connectivity index (χ2v) is 5.54. The predicted molar refractivity (Wildman–Crippen MR) is 77.0 cm³/mol. The number of aldehydes is 1. The number of rotatable bonds is 7. The molecule has 1 saturated heterocycles. The van der Waals surface area contributed by atoms with Gasteiger partial charge in [0.2, 0.25) is 0 Å². The molecule has 1 aliphatic rings. The van der Waals surface area contributed by atoms with Crippen molar-refractivity contribution in [1.82, 2.24) is 0 Å². The molecule has 1 aromatic rings. The van der Waals surface area contributed by atoms with Crippen LogP contribution in [0.3, 0.4) is 0 Å². The van der Waals surface area contributed by atoms with E-state index in [0.29, 0.717) is 6.29 Å². The number of aliphatic hydroxyl groups excluding tert-OH is 1. The molecule has 0 saturated carbocycles. The molecule has 0 aromatic heterocycles. The number of benzene rings is 1. The Morgan fingerprint density at radius 2 is 2.05 bits per heavy atom. The zero-order valence-electron chi connectivity index (χ0n) is 12.6. The minimum atomic E-state index is -1.02. The Morgan fingerprint density at radius 1 is 1.36 bits per heavy atom. The number of hydrogen-bond acceptors (Lipinski definition) is 6. The first-order chi connectivity index (χ1) is 10.5. The van der Waals surface area contributed by atoms with Gasteiger partial charge in [-0.05, 0) is 19.4 Å². The molecule has 0 aliphatic carbocycles. The Bertz CT molecular complexity index is 513. The van der Waals surface area contributed by atoms with Crippen LogP contribution in [0.4, 0.5) is 0 Å². The number of carbonyl (C=O) groups is 2. The molecule has 0 radical (unpaired) electrons. The minimum absolute atomic E-state index is 0.213. The molecule has 0 spiro atoms. The monoisotopic (exact) mass is 308 g/mol. The summed E-state index contributed by atoms with van der Waals surface area (Å²) in [5.74, 6) is -1.55. The Morgan fingerprint density at radius 3 is 2.64 bits per heavy atom. The number of carbonyl (C=O) groups excluding carboxylic acids is 2. The molecule has 6 nitrogen and oxygen atoms in total. The van der Waals surface area contributed by atoms with Crippen LogP contribution in [0.1, 0.15) is 19.4 Å². The summed E-state index contributed by atoms with van der Waals surface area (Å²) in [4.78, 5) is 23.1. The summed E-state index contributed by atoms with van der Waals surface area (Å²) in [6, 6.07) is 9.35. The van der Waals surface area contributed by atoms with Crippen molar-refractivity contribution in [2.24, 2.45) is 0 Å². The van der Waals surface area contributed by atoms with Crippen LogP contribution in [0.25, 0.3) is 0 Å². The molecule has 1 fully saturated rings. The number of Topliss-reactive ketones (excluding diaryl/α,β-unsaturated/α-hetero) is 1. The van der Waals surface area contributed by atoms with Crippen LogP contribution in [0.2, 0.25) is 0 Å². The second kappa shape index (κ2) is 7.11. The van der Waals surface area contributed by atoms with E-state index in [1.54, 1.807) is 13.8 Å². The van der Waals surface area contributed by atoms with E-state index in [2.05, 4.69) is 0 Å². The van der Waals surface area contributed by atoms with Crippen molar-refractivity contribution < 1.29 is 28.9 Å². The van der Waals surface area contributed by atoms with Gasteiger partial charge < -0.3 is 24.1 Å². The van der Waals surface area contributed by atoms with Crippen LogP contribution < -0.4 is 0 Å². The van der Waals surface area contributed by atoms with Crippen molar-refractivity contribution in [1.29, 1.82) is 0 Å². The fourth-order valence-electron chi connectivity index (χ4n) is 2.35. The van der Waals surface area contributed by atoms with E-state index in [1.807, 2.05) is 30.3 Å². The highest BCUT2D eigenvalue weighted by molar-refractivity contribution is 5.85. The number of ether oxygens (including phenoxy) is 3. The zero-order chi connectivity index (χ0) is 16.2. The zero-order valence-corrected chi connectivity index (χ0v) is 12.6. The first kappa shape index (κ1) is 16.8. The fourth-order valence-corrected chi connectivity index (χ4v) is 2.35. The lowest BCUT2D eigenvalue weighted by molar-refractivity contribution is -0.164. The third kappa shape index (κ3) is 3.98. The van der Waals surface area contributed by atoms with Crippen LogP contribution in [0.5, 0.6) is 0 Å². The van der Waals surface area contributed by atoms with Crippen LogP contribution in [0, 0.1) is 0 Å². The van der Waals surface area contributed by atoms with Gasteiger partial charge in [0, 0.05) is 0 Å². The summed E-state index contributed by atoms with van der Waals surface area (Å²) < 4.78 is 16.7. The van der Waals surface area contributed by atoms with Crippen molar-refractivity contribution in [3.05, 3.63) is 35.9 Å². The molecular weight excluding hydrogens is 288 g/mol. The van der Waals surface area contributed by atoms with Gasteiger partial charge in [-0.1, -0.05) is 30.3 Å². The van der Waals surface area contributed by atoms with Gasteiger partial charge in [0.1, 0.15) is 18.8 Å². The van der Waals surface area contributed by atoms with Crippen molar-refractivity contribution in [2.75, 3.05) is 6.61 Å². The second-order valence-electron chi connectivity index (χ2n) is 5.54. The van der Waals surface area contributed by atoms with Crippen molar-refractivity contribution in [2.45, 2.75) is 44.6 Å². The third-order valence-electron chi connectivity index (χ3n) is 3.35. The number of aliphatic hydroxyl groups is 1. The Labute approximate surface area is 129 Å². The maximum absolute atomic E-state index is 11.8. The average Bonchev–Trinajstić information content (AvgIpc) is 2.84. The van der Waals surface area contributed by atoms with Gasteiger partial charge in [-0.2, -0.15) is 0 Å². The Balaban J connectivity index is 2.07. The summed E-state index contributed by atoms with van der Waals surface area (Å²) in [5.41, 5.74) is 0.901. The molecule has 0 amide bonds. The molecule has 1 aromatic carbocycles. The largest absolute Gasteiger partial charge is 0.388 e.